The third-order valence-electron chi connectivity index (χ3n) is 12.4. The summed E-state index contributed by atoms with van der Waals surface area (Å²) in [5.41, 5.74) is 7.30. The van der Waals surface area contributed by atoms with Gasteiger partial charge in [0.05, 0.1) is 0 Å². The number of hydrogen-bond acceptors (Lipinski definition) is 3. The fourth-order valence-corrected chi connectivity index (χ4v) is 9.10. The van der Waals surface area contributed by atoms with E-state index in [1.54, 1.807) is 0 Å². The Hall–Kier alpha value is -2.51. The van der Waals surface area contributed by atoms with Gasteiger partial charge in [-0.05, 0) is 86.6 Å². The first-order valence-electron chi connectivity index (χ1n) is 23.1. The molecule has 0 radical (unpaired) electrons. The lowest BCUT2D eigenvalue weighted by molar-refractivity contribution is 0.371. The van der Waals surface area contributed by atoms with Crippen molar-refractivity contribution < 1.29 is 13.6 Å². The van der Waals surface area contributed by atoms with Crippen molar-refractivity contribution in [3.05, 3.63) is 88.0 Å². The Balaban J connectivity index is 2.22. The monoisotopic (exact) mass is 815 g/mol. The smallest absolute Gasteiger partial charge is 0.408 e. The van der Waals surface area contributed by atoms with Gasteiger partial charge in [0, 0.05) is 16.7 Å². The summed E-state index contributed by atoms with van der Waals surface area (Å²) in [5.74, 6) is 2.47. The SMILES string of the molecule is CCCCCC(C)(C)c1ccc(OP(Oc2ccc(C(C)(C)CCCCC)cc2C(C)(C)C)Oc2ccc(C(C)(C)CCCCC)cc2C(C)(C)C)c(C(C)(C)C)c1. The Kier molecular flexibility index (Phi) is 17.5. The van der Waals surface area contributed by atoms with Gasteiger partial charge < -0.3 is 13.6 Å². The molecule has 4 heteroatoms. The highest BCUT2D eigenvalue weighted by atomic mass is 31.2. The molecule has 0 saturated carbocycles. The number of hydrogen-bond donors (Lipinski definition) is 0. The Morgan fingerprint density at radius 1 is 0.362 bits per heavy atom. The summed E-state index contributed by atoms with van der Waals surface area (Å²) in [6.45, 7) is 41.7. The highest BCUT2D eigenvalue weighted by Gasteiger charge is 2.34. The molecular formula is C54H87O3P. The minimum Gasteiger partial charge on any atom is -0.408 e. The van der Waals surface area contributed by atoms with Crippen LogP contribution in [0.2, 0.25) is 0 Å². The Bertz CT molecular complexity index is 1520. The van der Waals surface area contributed by atoms with Crippen LogP contribution in [0, 0.1) is 0 Å². The van der Waals surface area contributed by atoms with Crippen molar-refractivity contribution >= 4 is 8.60 Å². The molecule has 58 heavy (non-hydrogen) atoms. The molecule has 0 bridgehead atoms. The first kappa shape index (κ1) is 49.8. The molecule has 0 heterocycles. The summed E-state index contributed by atoms with van der Waals surface area (Å²) in [4.78, 5) is 0. The summed E-state index contributed by atoms with van der Waals surface area (Å²) in [6.07, 6.45) is 14.6. The summed E-state index contributed by atoms with van der Waals surface area (Å²) in [5, 5.41) is 0. The first-order valence-corrected chi connectivity index (χ1v) is 24.2. The van der Waals surface area contributed by atoms with Crippen molar-refractivity contribution in [2.24, 2.45) is 0 Å². The number of benzene rings is 3. The predicted molar refractivity (Wildman–Crippen MR) is 256 cm³/mol. The first-order chi connectivity index (χ1) is 26.8. The van der Waals surface area contributed by atoms with Gasteiger partial charge in [-0.1, -0.05) is 219 Å². The molecule has 0 amide bonds. The molecule has 0 saturated heterocycles. The van der Waals surface area contributed by atoms with Crippen LogP contribution in [0.1, 0.15) is 235 Å². The average molecular weight is 815 g/mol. The molecule has 0 unspecified atom stereocenters. The molecule has 0 aliphatic rings. The van der Waals surface area contributed by atoms with Crippen molar-refractivity contribution in [3.63, 3.8) is 0 Å². The third kappa shape index (κ3) is 14.0. The van der Waals surface area contributed by atoms with Crippen LogP contribution in [0.25, 0.3) is 0 Å². The largest absolute Gasteiger partial charge is 0.530 e. The quantitative estimate of drug-likeness (QED) is 0.0792. The summed E-state index contributed by atoms with van der Waals surface area (Å²) >= 11 is 0. The van der Waals surface area contributed by atoms with Gasteiger partial charge in [0.25, 0.3) is 0 Å². The summed E-state index contributed by atoms with van der Waals surface area (Å²) in [7, 11) is -1.93. The van der Waals surface area contributed by atoms with E-state index in [9.17, 15) is 0 Å². The second-order valence-corrected chi connectivity index (χ2v) is 23.4. The lowest BCUT2D eigenvalue weighted by atomic mass is 9.76. The van der Waals surface area contributed by atoms with Gasteiger partial charge in [0.2, 0.25) is 0 Å². The summed E-state index contributed by atoms with van der Waals surface area (Å²) in [6, 6.07) is 20.5. The molecule has 3 rings (SSSR count). The van der Waals surface area contributed by atoms with E-state index in [-0.39, 0.29) is 32.5 Å². The van der Waals surface area contributed by atoms with Gasteiger partial charge >= 0.3 is 8.60 Å². The Labute approximate surface area is 360 Å². The zero-order valence-electron chi connectivity index (χ0n) is 40.9. The Morgan fingerprint density at radius 2 is 0.603 bits per heavy atom. The van der Waals surface area contributed by atoms with Crippen LogP contribution in [-0.4, -0.2) is 0 Å². The molecule has 326 valence electrons. The van der Waals surface area contributed by atoms with Crippen LogP contribution in [0.3, 0.4) is 0 Å². The third-order valence-corrected chi connectivity index (χ3v) is 13.5. The van der Waals surface area contributed by atoms with E-state index in [1.165, 1.54) is 91.2 Å². The van der Waals surface area contributed by atoms with Crippen molar-refractivity contribution in [2.75, 3.05) is 0 Å². The Morgan fingerprint density at radius 3 is 0.810 bits per heavy atom. The van der Waals surface area contributed by atoms with Crippen molar-refractivity contribution in [1.29, 1.82) is 0 Å². The van der Waals surface area contributed by atoms with Gasteiger partial charge in [-0.2, -0.15) is 0 Å². The van der Waals surface area contributed by atoms with Gasteiger partial charge in [0.1, 0.15) is 17.2 Å². The van der Waals surface area contributed by atoms with Gasteiger partial charge in [0.15, 0.2) is 0 Å². The predicted octanol–water partition coefficient (Wildman–Crippen LogP) is 17.9. The highest BCUT2D eigenvalue weighted by Crippen LogP contribution is 2.51. The molecular weight excluding hydrogens is 728 g/mol. The van der Waals surface area contributed by atoms with Crippen LogP contribution in [0.15, 0.2) is 54.6 Å². The van der Waals surface area contributed by atoms with E-state index in [1.807, 2.05) is 0 Å². The minimum absolute atomic E-state index is 0.0623. The average Bonchev–Trinajstić information content (AvgIpc) is 3.10. The molecule has 3 aromatic rings. The molecule has 0 spiro atoms. The molecule has 0 fully saturated rings. The zero-order valence-corrected chi connectivity index (χ0v) is 41.7. The molecule has 0 aliphatic heterocycles. The van der Waals surface area contributed by atoms with Crippen LogP contribution < -0.4 is 13.6 Å². The van der Waals surface area contributed by atoms with E-state index in [0.717, 1.165) is 36.5 Å². The van der Waals surface area contributed by atoms with Crippen molar-refractivity contribution in [3.8, 4) is 17.2 Å². The van der Waals surface area contributed by atoms with Gasteiger partial charge in [-0.15, -0.1) is 0 Å². The second kappa shape index (κ2) is 20.4. The van der Waals surface area contributed by atoms with E-state index < -0.39 is 8.60 Å². The maximum atomic E-state index is 7.13. The van der Waals surface area contributed by atoms with Crippen molar-refractivity contribution in [1.82, 2.24) is 0 Å². The molecule has 0 aliphatic carbocycles. The zero-order chi connectivity index (χ0) is 43.7. The van der Waals surface area contributed by atoms with E-state index >= 15 is 0 Å². The van der Waals surface area contributed by atoms with Crippen LogP contribution in [0.5, 0.6) is 17.2 Å². The van der Waals surface area contributed by atoms with Gasteiger partial charge in [-0.3, -0.25) is 0 Å². The standard InChI is InChI=1S/C54H87O3P/c1-19-22-25-34-52(13,14)40-28-31-46(43(37-40)49(4,5)6)55-58(56-47-32-29-41(38-44(47)50(7,8)9)53(15,16)35-26-23-20-2)57-48-33-30-42(39-45(48)51(10,11)12)54(17,18)36-27-24-21-3/h28-33,37-39H,19-27,34-36H2,1-18H3. The van der Waals surface area contributed by atoms with Crippen LogP contribution in [-0.2, 0) is 32.5 Å². The van der Waals surface area contributed by atoms with Crippen LogP contribution >= 0.6 is 8.60 Å². The van der Waals surface area contributed by atoms with Crippen molar-refractivity contribution in [2.45, 2.75) is 234 Å². The fraction of sp³-hybridized carbons (Fsp3) is 0.667. The minimum atomic E-state index is -1.93. The molecule has 3 aromatic carbocycles. The maximum Gasteiger partial charge on any atom is 0.530 e. The fourth-order valence-electron chi connectivity index (χ4n) is 8.03. The molecule has 0 atom stereocenters. The van der Waals surface area contributed by atoms with E-state index in [4.69, 9.17) is 13.6 Å². The van der Waals surface area contributed by atoms with E-state index in [0.29, 0.717) is 0 Å². The normalized spacial score (nSPS) is 13.3. The topological polar surface area (TPSA) is 27.7 Å². The molecule has 0 aromatic heterocycles. The van der Waals surface area contributed by atoms with Crippen LogP contribution in [0.4, 0.5) is 0 Å². The number of unbranched alkanes of at least 4 members (excludes halogenated alkanes) is 6. The highest BCUT2D eigenvalue weighted by molar-refractivity contribution is 7.43. The molecule has 0 N–H and O–H groups in total. The second-order valence-electron chi connectivity index (χ2n) is 22.4. The molecule has 3 nitrogen and oxygen atoms in total. The number of rotatable bonds is 21. The lowest BCUT2D eigenvalue weighted by Crippen LogP contribution is -2.21. The summed E-state index contributed by atoms with van der Waals surface area (Å²) < 4.78 is 21.4. The van der Waals surface area contributed by atoms with Gasteiger partial charge in [-0.25, -0.2) is 0 Å². The van der Waals surface area contributed by atoms with E-state index in [2.05, 4.69) is 179 Å². The lowest BCUT2D eigenvalue weighted by Gasteiger charge is -2.32. The maximum absolute atomic E-state index is 7.13.